The van der Waals surface area contributed by atoms with E-state index < -0.39 is 0 Å². The van der Waals surface area contributed by atoms with Gasteiger partial charge in [-0.15, -0.1) is 0 Å². The smallest absolute Gasteiger partial charge is 0.142 e. The van der Waals surface area contributed by atoms with Crippen molar-refractivity contribution >= 4 is 5.69 Å². The molecule has 0 fully saturated rings. The second-order valence-electron chi connectivity index (χ2n) is 5.20. The summed E-state index contributed by atoms with van der Waals surface area (Å²) in [7, 11) is 0. The SMILES string of the molecule is CCOc1cc(C)ccc1NCc1ccc(C)c(C)c1. The molecule has 0 unspecified atom stereocenters. The van der Waals surface area contributed by atoms with Crippen molar-refractivity contribution in [3.63, 3.8) is 0 Å². The fourth-order valence-electron chi connectivity index (χ4n) is 2.16. The van der Waals surface area contributed by atoms with Gasteiger partial charge in [0.2, 0.25) is 0 Å². The molecule has 1 N–H and O–H groups in total. The quantitative estimate of drug-likeness (QED) is 0.855. The molecule has 2 rings (SSSR count). The van der Waals surface area contributed by atoms with Gasteiger partial charge in [0.05, 0.1) is 12.3 Å². The number of aryl methyl sites for hydroxylation is 3. The van der Waals surface area contributed by atoms with Crippen LogP contribution in [0.5, 0.6) is 5.75 Å². The van der Waals surface area contributed by atoms with E-state index in [9.17, 15) is 0 Å². The molecule has 0 bridgehead atoms. The monoisotopic (exact) mass is 269 g/mol. The molecule has 0 aliphatic carbocycles. The van der Waals surface area contributed by atoms with Gasteiger partial charge in [0.25, 0.3) is 0 Å². The molecule has 0 heterocycles. The van der Waals surface area contributed by atoms with Crippen LogP contribution in [0.3, 0.4) is 0 Å². The van der Waals surface area contributed by atoms with E-state index in [2.05, 4.69) is 62.5 Å². The highest BCUT2D eigenvalue weighted by molar-refractivity contribution is 5.58. The normalized spacial score (nSPS) is 10.4. The summed E-state index contributed by atoms with van der Waals surface area (Å²) in [6.07, 6.45) is 0. The van der Waals surface area contributed by atoms with Gasteiger partial charge in [-0.2, -0.15) is 0 Å². The molecule has 0 spiro atoms. The van der Waals surface area contributed by atoms with Gasteiger partial charge < -0.3 is 10.1 Å². The minimum atomic E-state index is 0.682. The van der Waals surface area contributed by atoms with E-state index in [1.54, 1.807) is 0 Å². The highest BCUT2D eigenvalue weighted by Crippen LogP contribution is 2.26. The van der Waals surface area contributed by atoms with Crippen molar-refractivity contribution in [2.75, 3.05) is 11.9 Å². The second kappa shape index (κ2) is 6.47. The Morgan fingerprint density at radius 2 is 1.75 bits per heavy atom. The van der Waals surface area contributed by atoms with Gasteiger partial charge in [-0.1, -0.05) is 24.3 Å². The van der Waals surface area contributed by atoms with Gasteiger partial charge in [-0.25, -0.2) is 0 Å². The lowest BCUT2D eigenvalue weighted by Crippen LogP contribution is -2.03. The number of benzene rings is 2. The maximum absolute atomic E-state index is 5.69. The summed E-state index contributed by atoms with van der Waals surface area (Å²) in [4.78, 5) is 0. The summed E-state index contributed by atoms with van der Waals surface area (Å²) in [5.74, 6) is 0.927. The highest BCUT2D eigenvalue weighted by Gasteiger charge is 2.04. The first-order chi connectivity index (χ1) is 9.60. The maximum atomic E-state index is 5.69. The maximum Gasteiger partial charge on any atom is 0.142 e. The minimum absolute atomic E-state index is 0.682. The molecule has 2 nitrogen and oxygen atoms in total. The van der Waals surface area contributed by atoms with Crippen LogP contribution in [-0.2, 0) is 6.54 Å². The number of nitrogens with one attached hydrogen (secondary N) is 1. The summed E-state index contributed by atoms with van der Waals surface area (Å²) in [5.41, 5.74) is 6.22. The summed E-state index contributed by atoms with van der Waals surface area (Å²) >= 11 is 0. The molecule has 2 aromatic rings. The van der Waals surface area contributed by atoms with Crippen molar-refractivity contribution in [3.8, 4) is 5.75 Å². The molecular weight excluding hydrogens is 246 g/mol. The van der Waals surface area contributed by atoms with Crippen LogP contribution in [-0.4, -0.2) is 6.61 Å². The predicted octanol–water partition coefficient (Wildman–Crippen LogP) is 4.62. The third-order valence-corrected chi connectivity index (χ3v) is 3.49. The zero-order valence-corrected chi connectivity index (χ0v) is 12.8. The summed E-state index contributed by atoms with van der Waals surface area (Å²) in [6, 6.07) is 12.8. The zero-order valence-electron chi connectivity index (χ0n) is 12.8. The second-order valence-corrected chi connectivity index (χ2v) is 5.20. The van der Waals surface area contributed by atoms with Gasteiger partial charge in [0, 0.05) is 6.54 Å². The van der Waals surface area contributed by atoms with Crippen LogP contribution in [0.15, 0.2) is 36.4 Å². The Kier molecular flexibility index (Phi) is 4.67. The molecule has 0 amide bonds. The lowest BCUT2D eigenvalue weighted by molar-refractivity contribution is 0.341. The zero-order chi connectivity index (χ0) is 14.5. The fourth-order valence-corrected chi connectivity index (χ4v) is 2.16. The largest absolute Gasteiger partial charge is 0.492 e. The third kappa shape index (κ3) is 3.53. The average molecular weight is 269 g/mol. The predicted molar refractivity (Wildman–Crippen MR) is 85.6 cm³/mol. The first kappa shape index (κ1) is 14.4. The molecule has 2 heteroatoms. The third-order valence-electron chi connectivity index (χ3n) is 3.49. The Labute approximate surface area is 121 Å². The van der Waals surface area contributed by atoms with E-state index >= 15 is 0 Å². The molecule has 0 aliphatic rings. The molecule has 0 radical (unpaired) electrons. The van der Waals surface area contributed by atoms with Gasteiger partial charge in [0.1, 0.15) is 5.75 Å². The molecule has 0 aliphatic heterocycles. The molecule has 0 atom stereocenters. The average Bonchev–Trinajstić information content (AvgIpc) is 2.42. The Morgan fingerprint density at radius 1 is 0.950 bits per heavy atom. The van der Waals surface area contributed by atoms with E-state index in [0.29, 0.717) is 6.61 Å². The Bertz CT molecular complexity index is 590. The van der Waals surface area contributed by atoms with Gasteiger partial charge in [-0.05, 0) is 62.1 Å². The molecular formula is C18H23NO. The topological polar surface area (TPSA) is 21.3 Å². The van der Waals surface area contributed by atoms with E-state index in [4.69, 9.17) is 4.74 Å². The Morgan fingerprint density at radius 3 is 2.45 bits per heavy atom. The molecule has 2 aromatic carbocycles. The lowest BCUT2D eigenvalue weighted by atomic mass is 10.1. The fraction of sp³-hybridized carbons (Fsp3) is 0.333. The first-order valence-corrected chi connectivity index (χ1v) is 7.13. The van der Waals surface area contributed by atoms with E-state index in [1.165, 1.54) is 22.3 Å². The van der Waals surface area contributed by atoms with Crippen molar-refractivity contribution in [2.45, 2.75) is 34.2 Å². The van der Waals surface area contributed by atoms with Crippen LogP contribution >= 0.6 is 0 Å². The molecule has 0 saturated heterocycles. The number of rotatable bonds is 5. The number of hydrogen-bond donors (Lipinski definition) is 1. The van der Waals surface area contributed by atoms with Gasteiger partial charge >= 0.3 is 0 Å². The van der Waals surface area contributed by atoms with Crippen LogP contribution in [0.1, 0.15) is 29.2 Å². The van der Waals surface area contributed by atoms with E-state index in [1.807, 2.05) is 6.92 Å². The summed E-state index contributed by atoms with van der Waals surface area (Å²) in [6.45, 7) is 9.87. The first-order valence-electron chi connectivity index (χ1n) is 7.13. The van der Waals surface area contributed by atoms with Crippen LogP contribution in [0.4, 0.5) is 5.69 Å². The van der Waals surface area contributed by atoms with Gasteiger partial charge in [-0.3, -0.25) is 0 Å². The lowest BCUT2D eigenvalue weighted by Gasteiger charge is -2.14. The Balaban J connectivity index is 2.11. The van der Waals surface area contributed by atoms with Crippen molar-refractivity contribution in [1.29, 1.82) is 0 Å². The number of hydrogen-bond acceptors (Lipinski definition) is 2. The van der Waals surface area contributed by atoms with Crippen molar-refractivity contribution < 1.29 is 4.74 Å². The molecule has 0 saturated carbocycles. The Hall–Kier alpha value is -1.96. The van der Waals surface area contributed by atoms with Crippen LogP contribution in [0, 0.1) is 20.8 Å². The van der Waals surface area contributed by atoms with Crippen molar-refractivity contribution in [1.82, 2.24) is 0 Å². The van der Waals surface area contributed by atoms with Crippen molar-refractivity contribution in [3.05, 3.63) is 58.7 Å². The van der Waals surface area contributed by atoms with E-state index in [-0.39, 0.29) is 0 Å². The number of anilines is 1. The van der Waals surface area contributed by atoms with E-state index in [0.717, 1.165) is 18.0 Å². The molecule has 106 valence electrons. The molecule has 0 aromatic heterocycles. The van der Waals surface area contributed by atoms with Crippen LogP contribution < -0.4 is 10.1 Å². The molecule has 20 heavy (non-hydrogen) atoms. The van der Waals surface area contributed by atoms with Crippen LogP contribution in [0.25, 0.3) is 0 Å². The highest BCUT2D eigenvalue weighted by atomic mass is 16.5. The minimum Gasteiger partial charge on any atom is -0.492 e. The number of ether oxygens (including phenoxy) is 1. The van der Waals surface area contributed by atoms with Gasteiger partial charge in [0.15, 0.2) is 0 Å². The summed E-state index contributed by atoms with van der Waals surface area (Å²) in [5, 5.41) is 3.46. The summed E-state index contributed by atoms with van der Waals surface area (Å²) < 4.78 is 5.69. The standard InChI is InChI=1S/C18H23NO/c1-5-20-18-10-13(2)6-9-17(18)19-12-16-8-7-14(3)15(4)11-16/h6-11,19H,5,12H2,1-4H3. The van der Waals surface area contributed by atoms with Crippen molar-refractivity contribution in [2.24, 2.45) is 0 Å². The van der Waals surface area contributed by atoms with Crippen LogP contribution in [0.2, 0.25) is 0 Å².